The van der Waals surface area contributed by atoms with Gasteiger partial charge in [0.05, 0.1) is 5.56 Å². The van der Waals surface area contributed by atoms with Crippen molar-refractivity contribution in [2.45, 2.75) is 38.6 Å². The number of aryl methyl sites for hydroxylation is 1. The number of carbonyl (C=O) groups excluding carboxylic acids is 1. The fraction of sp³-hybridized carbons (Fsp3) is 0.625. The molecule has 6 heteroatoms. The number of piperidine rings is 1. The second-order valence-corrected chi connectivity index (χ2v) is 6.02. The molecule has 3 rings (SSSR count). The summed E-state index contributed by atoms with van der Waals surface area (Å²) in [6, 6.07) is 4.48. The van der Waals surface area contributed by atoms with E-state index in [0.29, 0.717) is 11.6 Å². The highest BCUT2D eigenvalue weighted by atomic mass is 35.5. The summed E-state index contributed by atoms with van der Waals surface area (Å²) in [5, 5.41) is 3.59. The van der Waals surface area contributed by atoms with Crippen molar-refractivity contribution >= 4 is 30.7 Å². The van der Waals surface area contributed by atoms with E-state index in [2.05, 4.69) is 10.3 Å². The molecule has 0 aliphatic carbocycles. The highest BCUT2D eigenvalue weighted by Crippen LogP contribution is 2.26. The zero-order valence-electron chi connectivity index (χ0n) is 13.0. The number of nitrogens with one attached hydrogen (secondary N) is 1. The van der Waals surface area contributed by atoms with E-state index in [1.807, 2.05) is 24.0 Å². The van der Waals surface area contributed by atoms with E-state index in [1.54, 1.807) is 6.20 Å². The van der Waals surface area contributed by atoms with Crippen LogP contribution in [0.5, 0.6) is 0 Å². The molecule has 2 fully saturated rings. The van der Waals surface area contributed by atoms with Crippen molar-refractivity contribution < 1.29 is 4.79 Å². The van der Waals surface area contributed by atoms with Crippen LogP contribution in [-0.4, -0.2) is 41.5 Å². The summed E-state index contributed by atoms with van der Waals surface area (Å²) < 4.78 is 0. The lowest BCUT2D eigenvalue weighted by atomic mass is 9.88. The molecule has 1 atom stereocenters. The second kappa shape index (κ2) is 8.70. The molecule has 0 aromatic carbocycles. The third-order valence-corrected chi connectivity index (χ3v) is 4.65. The van der Waals surface area contributed by atoms with E-state index in [-0.39, 0.29) is 30.7 Å². The lowest BCUT2D eigenvalue weighted by Gasteiger charge is -2.34. The van der Waals surface area contributed by atoms with Crippen LogP contribution in [0.3, 0.4) is 0 Å². The lowest BCUT2D eigenvalue weighted by Crippen LogP contribution is -2.43. The fourth-order valence-corrected chi connectivity index (χ4v) is 3.40. The smallest absolute Gasteiger partial charge is 0.255 e. The first kappa shape index (κ1) is 19.2. The van der Waals surface area contributed by atoms with Crippen molar-refractivity contribution in [2.75, 3.05) is 19.6 Å². The molecule has 3 heterocycles. The molecule has 0 bridgehead atoms. The molecule has 2 saturated heterocycles. The summed E-state index contributed by atoms with van der Waals surface area (Å²) in [4.78, 5) is 18.6. The molecule has 0 spiro atoms. The summed E-state index contributed by atoms with van der Waals surface area (Å²) in [5.74, 6) is 0.882. The average molecular weight is 346 g/mol. The number of hydrogen-bond acceptors (Lipinski definition) is 3. The third-order valence-electron chi connectivity index (χ3n) is 4.65. The fourth-order valence-electron chi connectivity index (χ4n) is 3.40. The van der Waals surface area contributed by atoms with Gasteiger partial charge >= 0.3 is 0 Å². The van der Waals surface area contributed by atoms with Gasteiger partial charge in [-0.2, -0.15) is 0 Å². The predicted molar refractivity (Wildman–Crippen MR) is 93.1 cm³/mol. The molecule has 1 N–H and O–H groups in total. The van der Waals surface area contributed by atoms with Gasteiger partial charge in [0.25, 0.3) is 5.91 Å². The Morgan fingerprint density at radius 1 is 1.23 bits per heavy atom. The third kappa shape index (κ3) is 4.34. The Labute approximate surface area is 144 Å². The molecule has 1 aromatic rings. The molecule has 0 saturated carbocycles. The van der Waals surface area contributed by atoms with Crippen LogP contribution in [0, 0.1) is 12.8 Å². The number of nitrogens with zero attached hydrogens (tertiary/aromatic N) is 2. The van der Waals surface area contributed by atoms with Gasteiger partial charge in [0.15, 0.2) is 0 Å². The number of amides is 1. The Morgan fingerprint density at radius 3 is 2.50 bits per heavy atom. The minimum absolute atomic E-state index is 0. The SMILES string of the molecule is Cc1ccc(C(=O)N2CCC(C3CCCN3)CC2)cn1.Cl.Cl. The zero-order chi connectivity index (χ0) is 13.9. The maximum absolute atomic E-state index is 12.4. The first-order chi connectivity index (χ1) is 9.74. The van der Waals surface area contributed by atoms with Gasteiger partial charge in [0, 0.05) is 31.0 Å². The summed E-state index contributed by atoms with van der Waals surface area (Å²) in [7, 11) is 0. The van der Waals surface area contributed by atoms with Gasteiger partial charge in [0.1, 0.15) is 0 Å². The Bertz CT molecular complexity index is 467. The minimum atomic E-state index is 0. The number of carbonyl (C=O) groups is 1. The first-order valence-corrected chi connectivity index (χ1v) is 7.69. The van der Waals surface area contributed by atoms with Crippen molar-refractivity contribution in [2.24, 2.45) is 5.92 Å². The van der Waals surface area contributed by atoms with Gasteiger partial charge < -0.3 is 10.2 Å². The van der Waals surface area contributed by atoms with Crippen LogP contribution in [0.4, 0.5) is 0 Å². The van der Waals surface area contributed by atoms with Gasteiger partial charge in [-0.15, -0.1) is 24.8 Å². The van der Waals surface area contributed by atoms with Gasteiger partial charge in [-0.1, -0.05) is 0 Å². The van der Waals surface area contributed by atoms with Crippen LogP contribution < -0.4 is 5.32 Å². The quantitative estimate of drug-likeness (QED) is 0.896. The van der Waals surface area contributed by atoms with E-state index < -0.39 is 0 Å². The van der Waals surface area contributed by atoms with Crippen LogP contribution in [0.1, 0.15) is 41.7 Å². The predicted octanol–water partition coefficient (Wildman–Crippen LogP) is 2.84. The number of aromatic nitrogens is 1. The standard InChI is InChI=1S/C16H23N3O.2ClH/c1-12-4-5-14(11-18-12)16(20)19-9-6-13(7-10-19)15-3-2-8-17-15;;/h4-5,11,13,15,17H,2-3,6-10H2,1H3;2*1H. The maximum atomic E-state index is 12.4. The van der Waals surface area contributed by atoms with Gasteiger partial charge in [-0.3, -0.25) is 9.78 Å². The molecular weight excluding hydrogens is 321 g/mol. The molecule has 1 amide bonds. The molecule has 124 valence electrons. The Balaban J connectivity index is 0.00000121. The van der Waals surface area contributed by atoms with Crippen molar-refractivity contribution in [1.82, 2.24) is 15.2 Å². The Morgan fingerprint density at radius 2 is 1.95 bits per heavy atom. The summed E-state index contributed by atoms with van der Waals surface area (Å²) in [5.41, 5.74) is 1.67. The first-order valence-electron chi connectivity index (χ1n) is 7.69. The van der Waals surface area contributed by atoms with Crippen LogP contribution >= 0.6 is 24.8 Å². The monoisotopic (exact) mass is 345 g/mol. The van der Waals surface area contributed by atoms with Crippen molar-refractivity contribution in [3.63, 3.8) is 0 Å². The summed E-state index contributed by atoms with van der Waals surface area (Å²) in [6.07, 6.45) is 6.56. The normalized spacial score (nSPS) is 21.9. The van der Waals surface area contributed by atoms with E-state index in [0.717, 1.165) is 37.5 Å². The average Bonchev–Trinajstić information content (AvgIpc) is 3.02. The number of rotatable bonds is 2. The molecule has 2 aliphatic heterocycles. The van der Waals surface area contributed by atoms with Gasteiger partial charge in [-0.25, -0.2) is 0 Å². The number of halogens is 2. The van der Waals surface area contributed by atoms with Crippen LogP contribution in [-0.2, 0) is 0 Å². The van der Waals surface area contributed by atoms with Crippen molar-refractivity contribution in [3.05, 3.63) is 29.6 Å². The van der Waals surface area contributed by atoms with Crippen LogP contribution in [0.25, 0.3) is 0 Å². The van der Waals surface area contributed by atoms with E-state index in [9.17, 15) is 4.79 Å². The van der Waals surface area contributed by atoms with Crippen LogP contribution in [0.15, 0.2) is 18.3 Å². The molecule has 1 aromatic heterocycles. The molecular formula is C16H25Cl2N3O. The lowest BCUT2D eigenvalue weighted by molar-refractivity contribution is 0.0674. The van der Waals surface area contributed by atoms with Gasteiger partial charge in [0.2, 0.25) is 0 Å². The van der Waals surface area contributed by atoms with E-state index >= 15 is 0 Å². The molecule has 1 unspecified atom stereocenters. The van der Waals surface area contributed by atoms with E-state index in [4.69, 9.17) is 0 Å². The van der Waals surface area contributed by atoms with Crippen molar-refractivity contribution in [3.8, 4) is 0 Å². The maximum Gasteiger partial charge on any atom is 0.255 e. The second-order valence-electron chi connectivity index (χ2n) is 6.02. The molecule has 4 nitrogen and oxygen atoms in total. The summed E-state index contributed by atoms with van der Waals surface area (Å²) >= 11 is 0. The van der Waals surface area contributed by atoms with E-state index in [1.165, 1.54) is 19.4 Å². The zero-order valence-corrected chi connectivity index (χ0v) is 14.6. The highest BCUT2D eigenvalue weighted by molar-refractivity contribution is 5.94. The highest BCUT2D eigenvalue weighted by Gasteiger charge is 2.30. The Kier molecular flexibility index (Phi) is 7.60. The number of pyridine rings is 1. The largest absolute Gasteiger partial charge is 0.339 e. The molecule has 22 heavy (non-hydrogen) atoms. The molecule has 0 radical (unpaired) electrons. The molecule has 2 aliphatic rings. The summed E-state index contributed by atoms with van der Waals surface area (Å²) in [6.45, 7) is 4.87. The minimum Gasteiger partial charge on any atom is -0.339 e. The number of hydrogen-bond donors (Lipinski definition) is 1. The van der Waals surface area contributed by atoms with Crippen molar-refractivity contribution in [1.29, 1.82) is 0 Å². The Hall–Kier alpha value is -0.840. The number of likely N-dealkylation sites (tertiary alicyclic amines) is 1. The topological polar surface area (TPSA) is 45.2 Å². The van der Waals surface area contributed by atoms with Gasteiger partial charge in [-0.05, 0) is 57.2 Å². The van der Waals surface area contributed by atoms with Crippen LogP contribution in [0.2, 0.25) is 0 Å².